The molecule has 0 bridgehead atoms. The monoisotopic (exact) mass is 440 g/mol. The van der Waals surface area contributed by atoms with E-state index in [9.17, 15) is 24.9 Å². The Hall–Kier alpha value is -1.80. The van der Waals surface area contributed by atoms with E-state index in [1.54, 1.807) is 0 Å². The number of unbranched alkanes of at least 4 members (excludes halogenated alkanes) is 5. The van der Waals surface area contributed by atoms with Crippen LogP contribution in [0.4, 0.5) is 0 Å². The lowest BCUT2D eigenvalue weighted by Crippen LogP contribution is -2.48. The number of hydrogen-bond donors (Lipinski definition) is 4. The number of ether oxygens (including phenoxy) is 1. The third-order valence-electron chi connectivity index (χ3n) is 4.70. The number of rotatable bonds is 19. The van der Waals surface area contributed by atoms with Gasteiger partial charge in [0.05, 0.1) is 6.61 Å². The van der Waals surface area contributed by atoms with Gasteiger partial charge in [-0.1, -0.05) is 62.6 Å². The van der Waals surface area contributed by atoms with E-state index in [-0.39, 0.29) is 12.7 Å². The second kappa shape index (κ2) is 20.1. The van der Waals surface area contributed by atoms with Crippen LogP contribution in [0.2, 0.25) is 0 Å². The van der Waals surface area contributed by atoms with Crippen molar-refractivity contribution in [2.75, 3.05) is 6.61 Å². The Bertz CT molecular complexity index is 542. The summed E-state index contributed by atoms with van der Waals surface area (Å²) in [5.74, 6) is -0.650. The van der Waals surface area contributed by atoms with Crippen LogP contribution in [0.1, 0.15) is 71.1 Å². The standard InChI is InChI=1S/C24H40O7/c1-2-3-4-5-6-7-8-9-10-11-12-13-14-15-16-17-22(28)31-21(19-26)24(30)23(29)20(27)18-25/h3-4,6-7,9-10,19-21,23-25,27,29-30H,2,5,8,11-18H2,1H3/t20-,21+,23-,24-/m1/s1. The first-order chi connectivity index (χ1) is 15.0. The van der Waals surface area contributed by atoms with Gasteiger partial charge in [-0.2, -0.15) is 0 Å². The quantitative estimate of drug-likeness (QED) is 0.105. The first-order valence-electron chi connectivity index (χ1n) is 11.2. The molecule has 0 unspecified atom stereocenters. The summed E-state index contributed by atoms with van der Waals surface area (Å²) in [5, 5.41) is 37.5. The van der Waals surface area contributed by atoms with Gasteiger partial charge in [0.15, 0.2) is 12.4 Å². The smallest absolute Gasteiger partial charge is 0.306 e. The van der Waals surface area contributed by atoms with Crippen LogP contribution in [-0.2, 0) is 14.3 Å². The highest BCUT2D eigenvalue weighted by Crippen LogP contribution is 2.11. The topological polar surface area (TPSA) is 124 Å². The van der Waals surface area contributed by atoms with Gasteiger partial charge in [-0.05, 0) is 38.5 Å². The minimum atomic E-state index is -1.80. The van der Waals surface area contributed by atoms with Gasteiger partial charge in [-0.25, -0.2) is 0 Å². The molecule has 0 spiro atoms. The summed E-state index contributed by atoms with van der Waals surface area (Å²) >= 11 is 0. The molecule has 0 saturated carbocycles. The minimum Gasteiger partial charge on any atom is -0.452 e. The average molecular weight is 441 g/mol. The van der Waals surface area contributed by atoms with Crippen LogP contribution in [0.25, 0.3) is 0 Å². The van der Waals surface area contributed by atoms with Gasteiger partial charge in [-0.3, -0.25) is 9.59 Å². The van der Waals surface area contributed by atoms with Gasteiger partial charge in [0.2, 0.25) is 0 Å². The Labute approximate surface area is 186 Å². The Morgan fingerprint density at radius 2 is 1.42 bits per heavy atom. The van der Waals surface area contributed by atoms with E-state index in [1.165, 1.54) is 0 Å². The SMILES string of the molecule is CCC=CCC=CCC=CCCCCCCCC(=O)O[C@@H](C=O)[C@@H](O)[C@H](O)[C@H](O)CO. The third kappa shape index (κ3) is 15.6. The highest BCUT2D eigenvalue weighted by atomic mass is 16.6. The molecule has 0 saturated heterocycles. The fraction of sp³-hybridized carbons (Fsp3) is 0.667. The molecule has 0 aromatic heterocycles. The number of carbonyl (C=O) groups is 2. The average Bonchev–Trinajstić information content (AvgIpc) is 2.78. The highest BCUT2D eigenvalue weighted by molar-refractivity contribution is 5.72. The second-order valence-corrected chi connectivity index (χ2v) is 7.42. The third-order valence-corrected chi connectivity index (χ3v) is 4.70. The molecule has 178 valence electrons. The number of aliphatic hydroxyl groups is 4. The molecule has 0 aliphatic heterocycles. The summed E-state index contributed by atoms with van der Waals surface area (Å²) in [6.45, 7) is 1.33. The van der Waals surface area contributed by atoms with E-state index < -0.39 is 37.0 Å². The zero-order chi connectivity index (χ0) is 23.3. The maximum absolute atomic E-state index is 11.8. The molecule has 0 aliphatic rings. The van der Waals surface area contributed by atoms with Crippen molar-refractivity contribution in [1.29, 1.82) is 0 Å². The fourth-order valence-electron chi connectivity index (χ4n) is 2.81. The Morgan fingerprint density at radius 1 is 0.839 bits per heavy atom. The number of allylic oxidation sites excluding steroid dienone is 6. The molecule has 0 radical (unpaired) electrons. The molecule has 0 aromatic rings. The van der Waals surface area contributed by atoms with Crippen LogP contribution in [0.15, 0.2) is 36.5 Å². The van der Waals surface area contributed by atoms with Crippen LogP contribution in [-0.4, -0.2) is 63.7 Å². The summed E-state index contributed by atoms with van der Waals surface area (Å²) in [6.07, 6.45) is 15.2. The Morgan fingerprint density at radius 3 is 2.03 bits per heavy atom. The number of hydrogen-bond acceptors (Lipinski definition) is 7. The van der Waals surface area contributed by atoms with E-state index in [2.05, 4.69) is 43.4 Å². The molecule has 0 aromatic carbocycles. The molecule has 7 heteroatoms. The molecule has 0 rings (SSSR count). The maximum Gasteiger partial charge on any atom is 0.306 e. The van der Waals surface area contributed by atoms with Gasteiger partial charge in [0.1, 0.15) is 18.3 Å². The molecule has 7 nitrogen and oxygen atoms in total. The van der Waals surface area contributed by atoms with Gasteiger partial charge < -0.3 is 25.2 Å². The summed E-state index contributed by atoms with van der Waals surface area (Å²) in [4.78, 5) is 22.8. The Balaban J connectivity index is 3.80. The predicted molar refractivity (Wildman–Crippen MR) is 120 cm³/mol. The van der Waals surface area contributed by atoms with Crippen LogP contribution in [0.3, 0.4) is 0 Å². The normalized spacial score (nSPS) is 16.0. The van der Waals surface area contributed by atoms with Crippen LogP contribution in [0, 0.1) is 0 Å². The molecule has 0 fully saturated rings. The molecular weight excluding hydrogens is 400 g/mol. The van der Waals surface area contributed by atoms with E-state index in [0.29, 0.717) is 6.42 Å². The van der Waals surface area contributed by atoms with Crippen molar-refractivity contribution in [1.82, 2.24) is 0 Å². The summed E-state index contributed by atoms with van der Waals surface area (Å²) in [5.41, 5.74) is 0. The number of carbonyl (C=O) groups excluding carboxylic acids is 2. The lowest BCUT2D eigenvalue weighted by molar-refractivity contribution is -0.168. The van der Waals surface area contributed by atoms with Crippen molar-refractivity contribution in [3.05, 3.63) is 36.5 Å². The van der Waals surface area contributed by atoms with Gasteiger partial charge in [0, 0.05) is 6.42 Å². The highest BCUT2D eigenvalue weighted by Gasteiger charge is 2.33. The predicted octanol–water partition coefficient (Wildman–Crippen LogP) is 2.76. The Kier molecular flexibility index (Phi) is 19.0. The number of esters is 1. The maximum atomic E-state index is 11.8. The van der Waals surface area contributed by atoms with E-state index in [0.717, 1.165) is 51.4 Å². The zero-order valence-electron chi connectivity index (χ0n) is 18.6. The first-order valence-corrected chi connectivity index (χ1v) is 11.2. The van der Waals surface area contributed by atoms with E-state index in [1.807, 2.05) is 0 Å². The molecule has 31 heavy (non-hydrogen) atoms. The molecule has 4 atom stereocenters. The summed E-state index contributed by atoms with van der Waals surface area (Å²) < 4.78 is 4.87. The minimum absolute atomic E-state index is 0.107. The molecule has 0 heterocycles. The van der Waals surface area contributed by atoms with Crippen LogP contribution < -0.4 is 0 Å². The largest absolute Gasteiger partial charge is 0.452 e. The van der Waals surface area contributed by atoms with Crippen molar-refractivity contribution in [3.63, 3.8) is 0 Å². The van der Waals surface area contributed by atoms with E-state index >= 15 is 0 Å². The van der Waals surface area contributed by atoms with Gasteiger partial charge in [0.25, 0.3) is 0 Å². The first kappa shape index (κ1) is 29.2. The molecule has 4 N–H and O–H groups in total. The van der Waals surface area contributed by atoms with Crippen molar-refractivity contribution < 1.29 is 34.8 Å². The fourth-order valence-corrected chi connectivity index (χ4v) is 2.81. The van der Waals surface area contributed by atoms with Gasteiger partial charge >= 0.3 is 5.97 Å². The number of aliphatic hydroxyl groups excluding tert-OH is 4. The zero-order valence-corrected chi connectivity index (χ0v) is 18.6. The molecular formula is C24H40O7. The van der Waals surface area contributed by atoms with Gasteiger partial charge in [-0.15, -0.1) is 0 Å². The van der Waals surface area contributed by atoms with Crippen molar-refractivity contribution in [3.8, 4) is 0 Å². The van der Waals surface area contributed by atoms with Crippen molar-refractivity contribution >= 4 is 12.3 Å². The lowest BCUT2D eigenvalue weighted by atomic mass is 10.0. The van der Waals surface area contributed by atoms with E-state index in [4.69, 9.17) is 9.84 Å². The number of aldehydes is 1. The summed E-state index contributed by atoms with van der Waals surface area (Å²) in [6, 6.07) is 0. The van der Waals surface area contributed by atoms with Crippen molar-refractivity contribution in [2.24, 2.45) is 0 Å². The molecule has 0 aliphatic carbocycles. The lowest BCUT2D eigenvalue weighted by Gasteiger charge is -2.25. The molecule has 0 amide bonds. The van der Waals surface area contributed by atoms with Crippen LogP contribution >= 0.6 is 0 Å². The van der Waals surface area contributed by atoms with Crippen LogP contribution in [0.5, 0.6) is 0 Å². The summed E-state index contributed by atoms with van der Waals surface area (Å²) in [7, 11) is 0. The second-order valence-electron chi connectivity index (χ2n) is 7.42. The van der Waals surface area contributed by atoms with Crippen molar-refractivity contribution in [2.45, 2.75) is 95.5 Å².